The van der Waals surface area contributed by atoms with E-state index < -0.39 is 15.9 Å². The van der Waals surface area contributed by atoms with Crippen molar-refractivity contribution in [1.82, 2.24) is 9.71 Å². The molecular weight excluding hydrogens is 280 g/mol. The Kier molecular flexibility index (Phi) is 4.88. The van der Waals surface area contributed by atoms with E-state index in [2.05, 4.69) is 15.0 Å². The van der Waals surface area contributed by atoms with Gasteiger partial charge in [-0.2, -0.15) is 0 Å². The van der Waals surface area contributed by atoms with Crippen LogP contribution in [0.4, 0.5) is 5.82 Å². The number of hydrogen-bond donors (Lipinski definition) is 3. The fourth-order valence-corrected chi connectivity index (χ4v) is 2.47. The molecule has 0 saturated carbocycles. The van der Waals surface area contributed by atoms with E-state index in [1.54, 1.807) is 7.05 Å². The smallest absolute Gasteiger partial charge is 0.242 e. The van der Waals surface area contributed by atoms with Crippen molar-refractivity contribution in [3.63, 3.8) is 0 Å². The average Bonchev–Trinajstić information content (AvgIpc) is 2.28. The van der Waals surface area contributed by atoms with Crippen LogP contribution in [0.5, 0.6) is 0 Å². The highest BCUT2D eigenvalue weighted by atomic mass is 35.5. The molecule has 9 heteroatoms. The van der Waals surface area contributed by atoms with Crippen LogP contribution >= 0.6 is 11.6 Å². The summed E-state index contributed by atoms with van der Waals surface area (Å²) in [6, 6.07) is 1.27. The highest BCUT2D eigenvalue weighted by Gasteiger charge is 2.16. The van der Waals surface area contributed by atoms with Crippen LogP contribution in [0.25, 0.3) is 0 Å². The number of rotatable bonds is 6. The van der Waals surface area contributed by atoms with E-state index in [1.807, 2.05) is 0 Å². The Hall–Kier alpha value is -1.38. The van der Waals surface area contributed by atoms with E-state index in [1.165, 1.54) is 12.3 Å². The Morgan fingerprint density at radius 2 is 2.22 bits per heavy atom. The Morgan fingerprint density at radius 3 is 2.72 bits per heavy atom. The van der Waals surface area contributed by atoms with Crippen LogP contribution in [0.1, 0.15) is 6.42 Å². The van der Waals surface area contributed by atoms with Gasteiger partial charge in [0, 0.05) is 26.2 Å². The van der Waals surface area contributed by atoms with E-state index in [0.717, 1.165) is 0 Å². The fraction of sp³-hybridized carbons (Fsp3) is 0.333. The first-order valence-electron chi connectivity index (χ1n) is 4.98. The number of amides is 1. The van der Waals surface area contributed by atoms with Crippen LogP contribution < -0.4 is 15.8 Å². The third-order valence-corrected chi connectivity index (χ3v) is 3.74. The van der Waals surface area contributed by atoms with Gasteiger partial charge in [0.25, 0.3) is 0 Å². The SMILES string of the molecule is CNc1ncc(S(=O)(=O)NCCC(N)=O)cc1Cl. The van der Waals surface area contributed by atoms with Gasteiger partial charge in [0.15, 0.2) is 0 Å². The van der Waals surface area contributed by atoms with Crippen LogP contribution in [0.3, 0.4) is 0 Å². The number of hydrogen-bond acceptors (Lipinski definition) is 5. The summed E-state index contributed by atoms with van der Waals surface area (Å²) in [4.78, 5) is 14.3. The zero-order valence-corrected chi connectivity index (χ0v) is 11.2. The normalized spacial score (nSPS) is 11.2. The van der Waals surface area contributed by atoms with Crippen LogP contribution in [-0.4, -0.2) is 32.9 Å². The summed E-state index contributed by atoms with van der Waals surface area (Å²) in [5.74, 6) is -0.202. The third kappa shape index (κ3) is 3.83. The van der Waals surface area contributed by atoms with Crippen molar-refractivity contribution in [2.45, 2.75) is 11.3 Å². The van der Waals surface area contributed by atoms with Gasteiger partial charge in [-0.3, -0.25) is 4.79 Å². The summed E-state index contributed by atoms with van der Waals surface area (Å²) < 4.78 is 25.8. The van der Waals surface area contributed by atoms with Crippen molar-refractivity contribution in [1.29, 1.82) is 0 Å². The van der Waals surface area contributed by atoms with E-state index in [4.69, 9.17) is 17.3 Å². The maximum Gasteiger partial charge on any atom is 0.242 e. The molecule has 1 amide bonds. The molecule has 0 radical (unpaired) electrons. The molecule has 0 atom stereocenters. The number of carbonyl (C=O) groups excluding carboxylic acids is 1. The second kappa shape index (κ2) is 5.98. The molecule has 1 rings (SSSR count). The summed E-state index contributed by atoms with van der Waals surface area (Å²) >= 11 is 5.83. The topological polar surface area (TPSA) is 114 Å². The van der Waals surface area contributed by atoms with Gasteiger partial charge in [-0.05, 0) is 6.07 Å². The molecular formula is C9H13ClN4O3S. The highest BCUT2D eigenvalue weighted by molar-refractivity contribution is 7.89. The van der Waals surface area contributed by atoms with Gasteiger partial charge in [-0.25, -0.2) is 18.1 Å². The lowest BCUT2D eigenvalue weighted by molar-refractivity contribution is -0.117. The van der Waals surface area contributed by atoms with Crippen molar-refractivity contribution in [3.8, 4) is 0 Å². The molecule has 0 spiro atoms. The average molecular weight is 293 g/mol. The van der Waals surface area contributed by atoms with Gasteiger partial charge in [0.05, 0.1) is 5.02 Å². The minimum Gasteiger partial charge on any atom is -0.372 e. The van der Waals surface area contributed by atoms with Crippen molar-refractivity contribution in [2.24, 2.45) is 5.73 Å². The van der Waals surface area contributed by atoms with Crippen LogP contribution in [0, 0.1) is 0 Å². The second-order valence-corrected chi connectivity index (χ2v) is 5.54. The summed E-state index contributed by atoms with van der Waals surface area (Å²) in [6.45, 7) is -0.0664. The van der Waals surface area contributed by atoms with E-state index in [-0.39, 0.29) is 22.9 Å². The summed E-state index contributed by atoms with van der Waals surface area (Å²) in [7, 11) is -2.12. The van der Waals surface area contributed by atoms with Crippen LogP contribution in [0.2, 0.25) is 5.02 Å². The first kappa shape index (κ1) is 14.7. The molecule has 0 aliphatic carbocycles. The largest absolute Gasteiger partial charge is 0.372 e. The first-order valence-corrected chi connectivity index (χ1v) is 6.84. The number of anilines is 1. The predicted octanol–water partition coefficient (Wildman–Crippen LogP) is -0.0696. The van der Waals surface area contributed by atoms with Crippen LogP contribution in [0.15, 0.2) is 17.2 Å². The van der Waals surface area contributed by atoms with E-state index >= 15 is 0 Å². The lowest BCUT2D eigenvalue weighted by Crippen LogP contribution is -2.28. The van der Waals surface area contributed by atoms with Crippen LogP contribution in [-0.2, 0) is 14.8 Å². The minimum absolute atomic E-state index is 0.0664. The molecule has 0 saturated heterocycles. The Morgan fingerprint density at radius 1 is 1.56 bits per heavy atom. The second-order valence-electron chi connectivity index (χ2n) is 3.37. The molecule has 0 fully saturated rings. The molecule has 0 aliphatic rings. The molecule has 0 aromatic carbocycles. The molecule has 7 nitrogen and oxygen atoms in total. The van der Waals surface area contributed by atoms with Gasteiger partial charge in [0.1, 0.15) is 10.7 Å². The number of carbonyl (C=O) groups is 1. The zero-order chi connectivity index (χ0) is 13.8. The molecule has 0 unspecified atom stereocenters. The van der Waals surface area contributed by atoms with Gasteiger partial charge < -0.3 is 11.1 Å². The number of halogens is 1. The predicted molar refractivity (Wildman–Crippen MR) is 67.8 cm³/mol. The lowest BCUT2D eigenvalue weighted by Gasteiger charge is -2.07. The number of nitrogens with two attached hydrogens (primary N) is 1. The number of nitrogens with zero attached hydrogens (tertiary/aromatic N) is 1. The molecule has 1 aromatic heterocycles. The summed E-state index contributed by atoms with van der Waals surface area (Å²) in [6.07, 6.45) is 1.10. The van der Waals surface area contributed by atoms with E-state index in [9.17, 15) is 13.2 Å². The van der Waals surface area contributed by atoms with Gasteiger partial charge in [-0.15, -0.1) is 0 Å². The number of primary amides is 1. The molecule has 4 N–H and O–H groups in total. The van der Waals surface area contributed by atoms with Crippen molar-refractivity contribution in [3.05, 3.63) is 17.3 Å². The Bertz CT molecular complexity index is 547. The van der Waals surface area contributed by atoms with E-state index in [0.29, 0.717) is 5.82 Å². The Labute approximate surface area is 110 Å². The maximum absolute atomic E-state index is 11.8. The van der Waals surface area contributed by atoms with Crippen molar-refractivity contribution >= 4 is 33.3 Å². The number of sulfonamides is 1. The fourth-order valence-electron chi connectivity index (χ4n) is 1.14. The highest BCUT2D eigenvalue weighted by Crippen LogP contribution is 2.21. The lowest BCUT2D eigenvalue weighted by atomic mass is 10.4. The van der Waals surface area contributed by atoms with Gasteiger partial charge >= 0.3 is 0 Å². The molecule has 1 heterocycles. The summed E-state index contributed by atoms with van der Waals surface area (Å²) in [5.41, 5.74) is 4.91. The molecule has 1 aromatic rings. The molecule has 100 valence electrons. The quantitative estimate of drug-likeness (QED) is 0.679. The third-order valence-electron chi connectivity index (χ3n) is 2.03. The van der Waals surface area contributed by atoms with Crippen molar-refractivity contribution in [2.75, 3.05) is 18.9 Å². The van der Waals surface area contributed by atoms with Gasteiger partial charge in [0.2, 0.25) is 15.9 Å². The minimum atomic E-state index is -3.74. The first-order chi connectivity index (χ1) is 8.36. The number of pyridine rings is 1. The monoisotopic (exact) mass is 292 g/mol. The van der Waals surface area contributed by atoms with Gasteiger partial charge in [-0.1, -0.05) is 11.6 Å². The molecule has 0 bridgehead atoms. The standard InChI is InChI=1S/C9H13ClN4O3S/c1-12-9-7(10)4-6(5-13-9)18(16,17)14-3-2-8(11)15/h4-5,14H,2-3H2,1H3,(H2,11,15)(H,12,13). The summed E-state index contributed by atoms with van der Waals surface area (Å²) in [5, 5.41) is 2.90. The molecule has 18 heavy (non-hydrogen) atoms. The molecule has 0 aliphatic heterocycles. The van der Waals surface area contributed by atoms with Crippen molar-refractivity contribution < 1.29 is 13.2 Å². The zero-order valence-electron chi connectivity index (χ0n) is 9.60. The Balaban J connectivity index is 2.85. The number of nitrogens with one attached hydrogen (secondary N) is 2. The number of aromatic nitrogens is 1. The maximum atomic E-state index is 11.8.